The molecule has 4 nitrogen and oxygen atoms in total. The smallest absolute Gasteiger partial charge is 0.0632 e. The summed E-state index contributed by atoms with van der Waals surface area (Å²) in [5.74, 6) is 0. The summed E-state index contributed by atoms with van der Waals surface area (Å²) in [5, 5.41) is 13.2. The van der Waals surface area contributed by atoms with E-state index in [0.717, 1.165) is 29.4 Å². The van der Waals surface area contributed by atoms with Gasteiger partial charge in [-0.3, -0.25) is 0 Å². The molecule has 5 heteroatoms. The van der Waals surface area contributed by atoms with Crippen molar-refractivity contribution in [2.75, 3.05) is 38.8 Å². The molecule has 19 heavy (non-hydrogen) atoms. The molecule has 0 aliphatic heterocycles. The average molecular weight is 287 g/mol. The van der Waals surface area contributed by atoms with Crippen LogP contribution in [0.3, 0.4) is 0 Å². The number of hydrogen-bond acceptors (Lipinski definition) is 4. The molecule has 1 rings (SSSR count). The molecule has 1 aromatic rings. The Morgan fingerprint density at radius 2 is 2.21 bits per heavy atom. The molecule has 1 atom stereocenters. The Bertz CT molecular complexity index is 388. The SMILES string of the molecule is COCCNCc1ccc(N(C)C(C)CO)cc1Cl. The van der Waals surface area contributed by atoms with Gasteiger partial charge in [0, 0.05) is 44.0 Å². The molecule has 0 radical (unpaired) electrons. The second-order valence-corrected chi connectivity index (χ2v) is 4.99. The molecular formula is C14H23ClN2O2. The van der Waals surface area contributed by atoms with E-state index in [0.29, 0.717) is 6.61 Å². The molecule has 0 saturated carbocycles. The number of anilines is 1. The van der Waals surface area contributed by atoms with Gasteiger partial charge in [-0.2, -0.15) is 0 Å². The van der Waals surface area contributed by atoms with Gasteiger partial charge in [0.25, 0.3) is 0 Å². The fourth-order valence-electron chi connectivity index (χ4n) is 1.67. The van der Waals surface area contributed by atoms with E-state index < -0.39 is 0 Å². The maximum atomic E-state index is 9.16. The second kappa shape index (κ2) is 8.38. The first-order chi connectivity index (χ1) is 9.10. The number of halogens is 1. The summed E-state index contributed by atoms with van der Waals surface area (Å²) in [4.78, 5) is 2.01. The third-order valence-electron chi connectivity index (χ3n) is 3.17. The summed E-state index contributed by atoms with van der Waals surface area (Å²) in [5.41, 5.74) is 2.07. The Balaban J connectivity index is 2.63. The van der Waals surface area contributed by atoms with Crippen molar-refractivity contribution in [2.45, 2.75) is 19.5 Å². The number of benzene rings is 1. The van der Waals surface area contributed by atoms with Crippen molar-refractivity contribution in [3.8, 4) is 0 Å². The minimum absolute atomic E-state index is 0.0711. The van der Waals surface area contributed by atoms with Gasteiger partial charge in [0.05, 0.1) is 13.2 Å². The highest BCUT2D eigenvalue weighted by Gasteiger charge is 2.10. The Labute approximate surface area is 120 Å². The number of rotatable bonds is 8. The summed E-state index contributed by atoms with van der Waals surface area (Å²) < 4.78 is 4.97. The van der Waals surface area contributed by atoms with Crippen LogP contribution in [0.2, 0.25) is 5.02 Å². The molecule has 0 amide bonds. The summed E-state index contributed by atoms with van der Waals surface area (Å²) in [7, 11) is 3.63. The van der Waals surface area contributed by atoms with Crippen molar-refractivity contribution >= 4 is 17.3 Å². The van der Waals surface area contributed by atoms with Crippen molar-refractivity contribution in [3.63, 3.8) is 0 Å². The van der Waals surface area contributed by atoms with Crippen LogP contribution < -0.4 is 10.2 Å². The monoisotopic (exact) mass is 286 g/mol. The minimum Gasteiger partial charge on any atom is -0.394 e. The molecule has 0 saturated heterocycles. The fourth-order valence-corrected chi connectivity index (χ4v) is 1.91. The molecule has 0 aliphatic rings. The Kier molecular flexibility index (Phi) is 7.16. The van der Waals surface area contributed by atoms with Gasteiger partial charge in [-0.05, 0) is 24.6 Å². The Morgan fingerprint density at radius 3 is 2.79 bits per heavy atom. The highest BCUT2D eigenvalue weighted by Crippen LogP contribution is 2.24. The van der Waals surface area contributed by atoms with Crippen LogP contribution in [0.5, 0.6) is 0 Å². The van der Waals surface area contributed by atoms with Gasteiger partial charge in [-0.25, -0.2) is 0 Å². The number of nitrogens with zero attached hydrogens (tertiary/aromatic N) is 1. The molecule has 0 spiro atoms. The van der Waals surface area contributed by atoms with Gasteiger partial charge >= 0.3 is 0 Å². The topological polar surface area (TPSA) is 44.7 Å². The zero-order chi connectivity index (χ0) is 14.3. The fraction of sp³-hybridized carbons (Fsp3) is 0.571. The highest BCUT2D eigenvalue weighted by molar-refractivity contribution is 6.31. The predicted molar refractivity (Wildman–Crippen MR) is 80.0 cm³/mol. The van der Waals surface area contributed by atoms with Crippen molar-refractivity contribution in [3.05, 3.63) is 28.8 Å². The number of nitrogens with one attached hydrogen (secondary N) is 1. The highest BCUT2D eigenvalue weighted by atomic mass is 35.5. The van der Waals surface area contributed by atoms with E-state index in [1.54, 1.807) is 7.11 Å². The van der Waals surface area contributed by atoms with E-state index in [2.05, 4.69) is 5.32 Å². The zero-order valence-corrected chi connectivity index (χ0v) is 12.6. The van der Waals surface area contributed by atoms with Gasteiger partial charge in [-0.1, -0.05) is 17.7 Å². The molecule has 1 aromatic carbocycles. The van der Waals surface area contributed by atoms with Gasteiger partial charge < -0.3 is 20.1 Å². The number of likely N-dealkylation sites (N-methyl/N-ethyl adjacent to an activating group) is 1. The lowest BCUT2D eigenvalue weighted by molar-refractivity contribution is 0.199. The summed E-state index contributed by atoms with van der Waals surface area (Å²) in [6, 6.07) is 6.03. The normalized spacial score (nSPS) is 12.5. The van der Waals surface area contributed by atoms with E-state index in [4.69, 9.17) is 21.4 Å². The minimum atomic E-state index is 0.0711. The summed E-state index contributed by atoms with van der Waals surface area (Å²) in [6.07, 6.45) is 0. The molecule has 108 valence electrons. The lowest BCUT2D eigenvalue weighted by atomic mass is 10.1. The van der Waals surface area contributed by atoms with Crippen LogP contribution in [-0.2, 0) is 11.3 Å². The number of hydrogen-bond donors (Lipinski definition) is 2. The van der Waals surface area contributed by atoms with Crippen LogP contribution in [0.4, 0.5) is 5.69 Å². The third kappa shape index (κ3) is 4.99. The van der Waals surface area contributed by atoms with Crippen LogP contribution >= 0.6 is 11.6 Å². The zero-order valence-electron chi connectivity index (χ0n) is 11.8. The molecular weight excluding hydrogens is 264 g/mol. The second-order valence-electron chi connectivity index (χ2n) is 4.59. The van der Waals surface area contributed by atoms with E-state index in [-0.39, 0.29) is 12.6 Å². The Morgan fingerprint density at radius 1 is 1.47 bits per heavy atom. The van der Waals surface area contributed by atoms with Crippen molar-refractivity contribution in [1.82, 2.24) is 5.32 Å². The first kappa shape index (κ1) is 16.2. The van der Waals surface area contributed by atoms with Crippen molar-refractivity contribution < 1.29 is 9.84 Å². The van der Waals surface area contributed by atoms with E-state index in [1.807, 2.05) is 37.1 Å². The molecule has 0 aliphatic carbocycles. The van der Waals surface area contributed by atoms with Gasteiger partial charge in [0.2, 0.25) is 0 Å². The van der Waals surface area contributed by atoms with Gasteiger partial charge in [-0.15, -0.1) is 0 Å². The maximum Gasteiger partial charge on any atom is 0.0632 e. The van der Waals surface area contributed by atoms with Crippen LogP contribution in [0.1, 0.15) is 12.5 Å². The molecule has 1 unspecified atom stereocenters. The lowest BCUT2D eigenvalue weighted by Crippen LogP contribution is -2.31. The predicted octanol–water partition coefficient (Wildman–Crippen LogP) is 1.89. The van der Waals surface area contributed by atoms with E-state index in [1.165, 1.54) is 0 Å². The standard InChI is InChI=1S/C14H23ClN2O2/c1-11(10-18)17(2)13-5-4-12(14(15)8-13)9-16-6-7-19-3/h4-5,8,11,16,18H,6-7,9-10H2,1-3H3. The lowest BCUT2D eigenvalue weighted by Gasteiger charge is -2.26. The number of methoxy groups -OCH3 is 1. The van der Waals surface area contributed by atoms with Gasteiger partial charge in [0.1, 0.15) is 0 Å². The Hall–Kier alpha value is -0.810. The van der Waals surface area contributed by atoms with Crippen LogP contribution in [0.15, 0.2) is 18.2 Å². The third-order valence-corrected chi connectivity index (χ3v) is 3.52. The number of aliphatic hydroxyl groups is 1. The quantitative estimate of drug-likeness (QED) is 0.717. The summed E-state index contributed by atoms with van der Waals surface area (Å²) >= 11 is 6.27. The molecule has 0 fully saturated rings. The van der Waals surface area contributed by atoms with Crippen molar-refractivity contribution in [2.24, 2.45) is 0 Å². The van der Waals surface area contributed by atoms with Crippen molar-refractivity contribution in [1.29, 1.82) is 0 Å². The maximum absolute atomic E-state index is 9.16. The summed E-state index contributed by atoms with van der Waals surface area (Å²) in [6.45, 7) is 4.30. The van der Waals surface area contributed by atoms with Gasteiger partial charge in [0.15, 0.2) is 0 Å². The first-order valence-corrected chi connectivity index (χ1v) is 6.79. The molecule has 0 bridgehead atoms. The van der Waals surface area contributed by atoms with E-state index >= 15 is 0 Å². The van der Waals surface area contributed by atoms with Crippen LogP contribution in [0.25, 0.3) is 0 Å². The van der Waals surface area contributed by atoms with Crippen LogP contribution in [0, 0.1) is 0 Å². The van der Waals surface area contributed by atoms with Crippen LogP contribution in [-0.4, -0.2) is 45.1 Å². The first-order valence-electron chi connectivity index (χ1n) is 6.42. The molecule has 0 aromatic heterocycles. The molecule has 0 heterocycles. The number of ether oxygens (including phenoxy) is 1. The largest absolute Gasteiger partial charge is 0.394 e. The number of aliphatic hydroxyl groups excluding tert-OH is 1. The van der Waals surface area contributed by atoms with E-state index in [9.17, 15) is 0 Å². The molecule has 2 N–H and O–H groups in total. The average Bonchev–Trinajstić information content (AvgIpc) is 2.43.